The number of hydrogen-bond donors (Lipinski definition) is 3. The Balaban J connectivity index is 2.02. The fraction of sp³-hybridized carbons (Fsp3) is 0.0667. The summed E-state index contributed by atoms with van der Waals surface area (Å²) < 4.78 is 5.32. The third kappa shape index (κ3) is 4.24. The topological polar surface area (TPSA) is 96.9 Å². The highest BCUT2D eigenvalue weighted by Crippen LogP contribution is 2.18. The van der Waals surface area contributed by atoms with E-state index in [2.05, 4.69) is 10.5 Å². The summed E-state index contributed by atoms with van der Waals surface area (Å²) in [6.45, 7) is -0.0351. The van der Waals surface area contributed by atoms with Crippen molar-refractivity contribution in [2.24, 2.45) is 10.9 Å². The van der Waals surface area contributed by atoms with Crippen LogP contribution in [0.2, 0.25) is 0 Å². The van der Waals surface area contributed by atoms with Crippen LogP contribution in [0.25, 0.3) is 0 Å². The van der Waals surface area contributed by atoms with E-state index < -0.39 is 0 Å². The van der Waals surface area contributed by atoms with Crippen LogP contribution in [0.1, 0.15) is 10.4 Å². The van der Waals surface area contributed by atoms with Gasteiger partial charge in [0.2, 0.25) is 0 Å². The summed E-state index contributed by atoms with van der Waals surface area (Å²) in [7, 11) is 0. The van der Waals surface area contributed by atoms with E-state index in [1.165, 1.54) is 0 Å². The minimum absolute atomic E-state index is 0.0336. The molecule has 1 amide bonds. The third-order valence-corrected chi connectivity index (χ3v) is 2.64. The molecule has 21 heavy (non-hydrogen) atoms. The highest BCUT2D eigenvalue weighted by atomic mass is 16.5. The number of amides is 1. The summed E-state index contributed by atoms with van der Waals surface area (Å²) >= 11 is 0. The van der Waals surface area contributed by atoms with Crippen LogP contribution >= 0.6 is 0 Å². The first-order valence-electron chi connectivity index (χ1n) is 6.24. The van der Waals surface area contributed by atoms with Crippen molar-refractivity contribution in [1.82, 2.24) is 0 Å². The van der Waals surface area contributed by atoms with Crippen molar-refractivity contribution in [2.75, 3.05) is 11.9 Å². The highest BCUT2D eigenvalue weighted by molar-refractivity contribution is 6.04. The number of nitrogens with two attached hydrogens (primary N) is 1. The monoisotopic (exact) mass is 285 g/mol. The Morgan fingerprint density at radius 3 is 2.67 bits per heavy atom. The van der Waals surface area contributed by atoms with Gasteiger partial charge in [-0.1, -0.05) is 29.4 Å². The first-order valence-corrected chi connectivity index (χ1v) is 6.24. The first kappa shape index (κ1) is 14.4. The summed E-state index contributed by atoms with van der Waals surface area (Å²) in [5, 5.41) is 14.0. The molecular weight excluding hydrogens is 270 g/mol. The van der Waals surface area contributed by atoms with Gasteiger partial charge in [-0.05, 0) is 24.3 Å². The number of carbonyl (C=O) groups is 1. The van der Waals surface area contributed by atoms with Gasteiger partial charge in [0, 0.05) is 17.3 Å². The van der Waals surface area contributed by atoms with Crippen LogP contribution in [0.4, 0.5) is 5.69 Å². The zero-order valence-corrected chi connectivity index (χ0v) is 11.2. The Morgan fingerprint density at radius 1 is 1.19 bits per heavy atom. The van der Waals surface area contributed by atoms with Gasteiger partial charge in [-0.3, -0.25) is 4.79 Å². The molecule has 0 atom stereocenters. The van der Waals surface area contributed by atoms with Crippen molar-refractivity contribution in [3.8, 4) is 5.75 Å². The van der Waals surface area contributed by atoms with Crippen molar-refractivity contribution >= 4 is 17.4 Å². The quantitative estimate of drug-likeness (QED) is 0.339. The molecule has 0 unspecified atom stereocenters. The second-order valence-corrected chi connectivity index (χ2v) is 4.23. The van der Waals surface area contributed by atoms with Crippen molar-refractivity contribution in [3.63, 3.8) is 0 Å². The van der Waals surface area contributed by atoms with Gasteiger partial charge >= 0.3 is 0 Å². The molecule has 0 bridgehead atoms. The Morgan fingerprint density at radius 2 is 1.95 bits per heavy atom. The summed E-state index contributed by atoms with van der Waals surface area (Å²) in [5.41, 5.74) is 6.49. The normalized spacial score (nSPS) is 11.0. The van der Waals surface area contributed by atoms with E-state index in [1.807, 2.05) is 6.07 Å². The summed E-state index contributed by atoms with van der Waals surface area (Å²) in [6.07, 6.45) is 0. The van der Waals surface area contributed by atoms with E-state index in [0.29, 0.717) is 17.0 Å². The van der Waals surface area contributed by atoms with E-state index >= 15 is 0 Å². The maximum absolute atomic E-state index is 12.0. The van der Waals surface area contributed by atoms with E-state index in [-0.39, 0.29) is 18.3 Å². The molecule has 0 spiro atoms. The molecule has 0 heterocycles. The van der Waals surface area contributed by atoms with E-state index in [1.54, 1.807) is 48.5 Å². The molecule has 0 aromatic heterocycles. The third-order valence-electron chi connectivity index (χ3n) is 2.64. The molecule has 2 aromatic carbocycles. The molecule has 0 saturated heterocycles. The van der Waals surface area contributed by atoms with Gasteiger partial charge in [-0.25, -0.2) is 0 Å². The van der Waals surface area contributed by atoms with Crippen LogP contribution < -0.4 is 15.8 Å². The molecule has 0 aliphatic carbocycles. The van der Waals surface area contributed by atoms with Gasteiger partial charge in [0.15, 0.2) is 5.84 Å². The standard InChI is InChI=1S/C15H15N3O3/c16-14(18-20)10-21-13-8-4-7-12(9-13)17-15(19)11-5-2-1-3-6-11/h1-9,20H,10H2,(H2,16,18)(H,17,19). The zero-order chi connectivity index (χ0) is 15.1. The molecule has 108 valence electrons. The lowest BCUT2D eigenvalue weighted by atomic mass is 10.2. The average Bonchev–Trinajstić information content (AvgIpc) is 2.53. The SMILES string of the molecule is NC(COc1cccc(NC(=O)c2ccccc2)c1)=NO. The number of ether oxygens (including phenoxy) is 1. The number of anilines is 1. The predicted molar refractivity (Wildman–Crippen MR) is 79.7 cm³/mol. The summed E-state index contributed by atoms with van der Waals surface area (Å²) in [4.78, 5) is 12.0. The maximum atomic E-state index is 12.0. The van der Waals surface area contributed by atoms with Gasteiger partial charge in [0.25, 0.3) is 5.91 Å². The molecule has 2 rings (SSSR count). The molecular formula is C15H15N3O3. The van der Waals surface area contributed by atoms with E-state index in [0.717, 1.165) is 0 Å². The molecule has 0 aliphatic heterocycles. The number of nitrogens with zero attached hydrogens (tertiary/aromatic N) is 1. The smallest absolute Gasteiger partial charge is 0.255 e. The highest BCUT2D eigenvalue weighted by Gasteiger charge is 2.06. The number of rotatable bonds is 5. The van der Waals surface area contributed by atoms with Gasteiger partial charge < -0.3 is 21.0 Å². The molecule has 0 saturated carbocycles. The van der Waals surface area contributed by atoms with Crippen LogP contribution in [0.3, 0.4) is 0 Å². The Hall–Kier alpha value is -3.02. The average molecular weight is 285 g/mol. The Labute approximate surface area is 121 Å². The summed E-state index contributed by atoms with van der Waals surface area (Å²) in [5.74, 6) is 0.269. The minimum atomic E-state index is -0.204. The maximum Gasteiger partial charge on any atom is 0.255 e. The number of oxime groups is 1. The molecule has 6 nitrogen and oxygen atoms in total. The molecule has 0 radical (unpaired) electrons. The zero-order valence-electron chi connectivity index (χ0n) is 11.2. The second-order valence-electron chi connectivity index (χ2n) is 4.23. The second kappa shape index (κ2) is 6.95. The van der Waals surface area contributed by atoms with Gasteiger partial charge in [0.05, 0.1) is 0 Å². The number of nitrogens with one attached hydrogen (secondary N) is 1. The molecule has 6 heteroatoms. The van der Waals surface area contributed by atoms with Crippen LogP contribution in [0, 0.1) is 0 Å². The van der Waals surface area contributed by atoms with E-state index in [4.69, 9.17) is 15.7 Å². The van der Waals surface area contributed by atoms with Crippen LogP contribution in [0.5, 0.6) is 5.75 Å². The summed E-state index contributed by atoms with van der Waals surface area (Å²) in [6, 6.07) is 15.8. The fourth-order valence-electron chi connectivity index (χ4n) is 1.64. The number of amidine groups is 1. The first-order chi connectivity index (χ1) is 10.2. The molecule has 0 fully saturated rings. The lowest BCUT2D eigenvalue weighted by molar-refractivity contribution is 0.102. The van der Waals surface area contributed by atoms with Crippen molar-refractivity contribution in [3.05, 3.63) is 60.2 Å². The molecule has 4 N–H and O–H groups in total. The van der Waals surface area contributed by atoms with Crippen LogP contribution in [-0.4, -0.2) is 23.6 Å². The van der Waals surface area contributed by atoms with E-state index in [9.17, 15) is 4.79 Å². The minimum Gasteiger partial charge on any atom is -0.485 e. The number of benzene rings is 2. The molecule has 0 aliphatic rings. The number of hydrogen-bond acceptors (Lipinski definition) is 4. The van der Waals surface area contributed by atoms with Gasteiger partial charge in [-0.2, -0.15) is 0 Å². The Kier molecular flexibility index (Phi) is 4.76. The molecule has 2 aromatic rings. The van der Waals surface area contributed by atoms with Crippen molar-refractivity contribution in [2.45, 2.75) is 0 Å². The lowest BCUT2D eigenvalue weighted by Crippen LogP contribution is -2.20. The van der Waals surface area contributed by atoms with Crippen LogP contribution in [-0.2, 0) is 0 Å². The van der Waals surface area contributed by atoms with Gasteiger partial charge in [0.1, 0.15) is 12.4 Å². The van der Waals surface area contributed by atoms with Crippen LogP contribution in [0.15, 0.2) is 59.8 Å². The van der Waals surface area contributed by atoms with Crippen molar-refractivity contribution < 1.29 is 14.7 Å². The largest absolute Gasteiger partial charge is 0.485 e. The van der Waals surface area contributed by atoms with Gasteiger partial charge in [-0.15, -0.1) is 0 Å². The Bertz CT molecular complexity index is 642. The fourth-order valence-corrected chi connectivity index (χ4v) is 1.64. The lowest BCUT2D eigenvalue weighted by Gasteiger charge is -2.08. The van der Waals surface area contributed by atoms with Crippen molar-refractivity contribution in [1.29, 1.82) is 0 Å². The predicted octanol–water partition coefficient (Wildman–Crippen LogP) is 2.06. The number of carbonyl (C=O) groups excluding carboxylic acids is 1.